The quantitative estimate of drug-likeness (QED) is 0.637. The van der Waals surface area contributed by atoms with Gasteiger partial charge in [0.05, 0.1) is 16.8 Å². The average molecular weight is 411 g/mol. The monoisotopic (exact) mass is 411 g/mol. The van der Waals surface area contributed by atoms with Crippen molar-refractivity contribution < 1.29 is 23.0 Å². The molecule has 8 nitrogen and oxygen atoms in total. The van der Waals surface area contributed by atoms with Gasteiger partial charge >= 0.3 is 7.12 Å². The summed E-state index contributed by atoms with van der Waals surface area (Å²) in [4.78, 5) is 12.8. The summed E-state index contributed by atoms with van der Waals surface area (Å²) in [5, 5.41) is 10.5. The van der Waals surface area contributed by atoms with Crippen LogP contribution in [0, 0.1) is 6.92 Å². The van der Waals surface area contributed by atoms with Gasteiger partial charge in [-0.25, -0.2) is 0 Å². The van der Waals surface area contributed by atoms with Crippen molar-refractivity contribution in [1.29, 1.82) is 0 Å². The number of carbonyl (C=O) groups excluding carboxylic acids is 1. The first-order chi connectivity index (χ1) is 14.1. The summed E-state index contributed by atoms with van der Waals surface area (Å²) in [5.41, 5.74) is 2.83. The summed E-state index contributed by atoms with van der Waals surface area (Å²) in [6.07, 6.45) is 1.52. The first kappa shape index (κ1) is 20.5. The molecule has 0 aliphatic carbocycles. The Morgan fingerprint density at radius 3 is 2.30 bits per heavy atom. The fourth-order valence-corrected chi connectivity index (χ4v) is 3.56. The summed E-state index contributed by atoms with van der Waals surface area (Å²) in [5.74, 6) is 0.0898. The van der Waals surface area contributed by atoms with Crippen LogP contribution < -0.4 is 16.1 Å². The lowest BCUT2D eigenvalue weighted by Gasteiger charge is -2.32. The molecule has 0 bridgehead atoms. The van der Waals surface area contributed by atoms with Crippen LogP contribution in [0.3, 0.4) is 0 Å². The van der Waals surface area contributed by atoms with Gasteiger partial charge in [0.15, 0.2) is 11.5 Å². The van der Waals surface area contributed by atoms with E-state index in [1.807, 2.05) is 53.8 Å². The van der Waals surface area contributed by atoms with E-state index in [2.05, 4.69) is 15.8 Å². The van der Waals surface area contributed by atoms with Gasteiger partial charge in [-0.2, -0.15) is 0 Å². The fraction of sp³-hybridized carbons (Fsp3) is 0.429. The molecule has 0 spiro atoms. The van der Waals surface area contributed by atoms with Crippen LogP contribution in [0.5, 0.6) is 0 Å². The Balaban J connectivity index is 1.94. The lowest BCUT2D eigenvalue weighted by Crippen LogP contribution is -2.41. The predicted molar refractivity (Wildman–Crippen MR) is 115 cm³/mol. The maximum Gasteiger partial charge on any atom is 0.496 e. The number of aromatic nitrogens is 1. The number of carbonyl (C=O) groups is 1. The van der Waals surface area contributed by atoms with Gasteiger partial charge in [0, 0.05) is 42.3 Å². The lowest BCUT2D eigenvalue weighted by atomic mass is 9.77. The van der Waals surface area contributed by atoms with Crippen LogP contribution in [-0.2, 0) is 9.31 Å². The normalized spacial score (nSPS) is 17.5. The minimum atomic E-state index is -0.591. The number of hydrogen-bond acceptors (Lipinski definition) is 7. The Morgan fingerprint density at radius 1 is 1.10 bits per heavy atom. The number of furan rings is 1. The molecule has 30 heavy (non-hydrogen) atoms. The number of anilines is 1. The SMILES string of the molecule is CNC(=O)c1c(-c2nocc2C)oc2cc(NC)c(B3OC(C)(C)C(C)(C)O3)cc12. The van der Waals surface area contributed by atoms with Crippen molar-refractivity contribution in [3.05, 3.63) is 29.5 Å². The molecular formula is C21H26BN3O5. The van der Waals surface area contributed by atoms with E-state index >= 15 is 0 Å². The number of nitrogens with zero attached hydrogens (tertiary/aromatic N) is 1. The third-order valence-corrected chi connectivity index (χ3v) is 6.05. The van der Waals surface area contributed by atoms with Gasteiger partial charge in [0.25, 0.3) is 5.91 Å². The third kappa shape index (κ3) is 3.00. The molecule has 1 aliphatic heterocycles. The summed E-state index contributed by atoms with van der Waals surface area (Å²) in [6, 6.07) is 3.73. The largest absolute Gasteiger partial charge is 0.496 e. The number of nitrogens with one attached hydrogen (secondary N) is 2. The topological polar surface area (TPSA) is 98.8 Å². The zero-order valence-electron chi connectivity index (χ0n) is 18.3. The van der Waals surface area contributed by atoms with Crippen molar-refractivity contribution in [1.82, 2.24) is 10.5 Å². The van der Waals surface area contributed by atoms with Gasteiger partial charge in [-0.3, -0.25) is 4.79 Å². The Morgan fingerprint density at radius 2 is 1.77 bits per heavy atom. The number of benzene rings is 1. The molecule has 4 rings (SSSR count). The Labute approximate surface area is 175 Å². The molecule has 2 aromatic heterocycles. The smallest absolute Gasteiger partial charge is 0.453 e. The molecule has 1 fully saturated rings. The van der Waals surface area contributed by atoms with Crippen molar-refractivity contribution in [3.63, 3.8) is 0 Å². The third-order valence-electron chi connectivity index (χ3n) is 6.05. The van der Waals surface area contributed by atoms with E-state index in [4.69, 9.17) is 18.2 Å². The van der Waals surface area contributed by atoms with Crippen LogP contribution in [-0.4, -0.2) is 43.5 Å². The van der Waals surface area contributed by atoms with Gasteiger partial charge < -0.3 is 28.9 Å². The lowest BCUT2D eigenvalue weighted by molar-refractivity contribution is 0.00578. The van der Waals surface area contributed by atoms with E-state index in [1.54, 1.807) is 7.05 Å². The first-order valence-electron chi connectivity index (χ1n) is 9.87. The molecule has 3 heterocycles. The van der Waals surface area contributed by atoms with Crippen LogP contribution in [0.4, 0.5) is 5.69 Å². The highest BCUT2D eigenvalue weighted by Crippen LogP contribution is 2.39. The maximum absolute atomic E-state index is 12.8. The molecule has 0 atom stereocenters. The zero-order chi connectivity index (χ0) is 21.8. The molecule has 1 saturated heterocycles. The second-order valence-electron chi connectivity index (χ2n) is 8.51. The van der Waals surface area contributed by atoms with Crippen LogP contribution in [0.25, 0.3) is 22.4 Å². The standard InChI is InChI=1S/C21H26BN3O5/c1-11-10-27-25-17(11)18-16(19(26)24-7)12-8-13(14(23-6)9-15(12)28-18)22-29-20(2,3)21(4,5)30-22/h8-10,23H,1-7H3,(H,24,26). The van der Waals surface area contributed by atoms with Crippen molar-refractivity contribution in [2.75, 3.05) is 19.4 Å². The Kier molecular flexibility index (Phi) is 4.70. The molecular weight excluding hydrogens is 385 g/mol. The summed E-state index contributed by atoms with van der Waals surface area (Å²) in [6.45, 7) is 9.86. The van der Waals surface area contributed by atoms with E-state index in [0.29, 0.717) is 28.0 Å². The average Bonchev–Trinajstić information content (AvgIpc) is 3.33. The van der Waals surface area contributed by atoms with Gasteiger partial charge in [-0.1, -0.05) is 5.16 Å². The van der Waals surface area contributed by atoms with Gasteiger partial charge in [-0.15, -0.1) is 0 Å². The van der Waals surface area contributed by atoms with Gasteiger partial charge in [0.2, 0.25) is 0 Å². The maximum atomic E-state index is 12.8. The molecule has 9 heteroatoms. The van der Waals surface area contributed by atoms with Crippen LogP contribution in [0.15, 0.2) is 27.3 Å². The van der Waals surface area contributed by atoms with Crippen LogP contribution in [0.1, 0.15) is 43.6 Å². The first-order valence-corrected chi connectivity index (χ1v) is 9.87. The molecule has 3 aromatic rings. The minimum absolute atomic E-state index is 0.275. The fourth-order valence-electron chi connectivity index (χ4n) is 3.56. The number of hydrogen-bond donors (Lipinski definition) is 2. The second-order valence-corrected chi connectivity index (χ2v) is 8.51. The molecule has 0 unspecified atom stereocenters. The van der Waals surface area contributed by atoms with E-state index in [0.717, 1.165) is 16.7 Å². The zero-order valence-corrected chi connectivity index (χ0v) is 18.3. The predicted octanol–water partition coefficient (Wildman–Crippen LogP) is 3.10. The van der Waals surface area contributed by atoms with Gasteiger partial charge in [0.1, 0.15) is 11.8 Å². The minimum Gasteiger partial charge on any atom is -0.453 e. The van der Waals surface area contributed by atoms with E-state index < -0.39 is 18.3 Å². The van der Waals surface area contributed by atoms with Crippen molar-refractivity contribution in [2.45, 2.75) is 45.8 Å². The molecule has 158 valence electrons. The molecule has 0 saturated carbocycles. The highest BCUT2D eigenvalue weighted by atomic mass is 16.7. The highest BCUT2D eigenvalue weighted by molar-refractivity contribution is 6.64. The van der Waals surface area contributed by atoms with Crippen molar-refractivity contribution >= 4 is 35.1 Å². The van der Waals surface area contributed by atoms with E-state index in [9.17, 15) is 4.79 Å². The molecule has 2 N–H and O–H groups in total. The van der Waals surface area contributed by atoms with E-state index in [1.165, 1.54) is 6.26 Å². The summed E-state index contributed by atoms with van der Waals surface area (Å²) >= 11 is 0. The van der Waals surface area contributed by atoms with Crippen molar-refractivity contribution in [3.8, 4) is 11.5 Å². The summed E-state index contributed by atoms with van der Waals surface area (Å²) in [7, 11) is 2.81. The van der Waals surface area contributed by atoms with Crippen molar-refractivity contribution in [2.24, 2.45) is 0 Å². The highest BCUT2D eigenvalue weighted by Gasteiger charge is 2.52. The number of aryl methyl sites for hydroxylation is 1. The number of amides is 1. The Bertz CT molecular complexity index is 1120. The summed E-state index contributed by atoms with van der Waals surface area (Å²) < 4.78 is 23.6. The second kappa shape index (κ2) is 6.89. The number of rotatable bonds is 4. The van der Waals surface area contributed by atoms with E-state index in [-0.39, 0.29) is 5.91 Å². The Hall–Kier alpha value is -2.78. The molecule has 1 amide bonds. The number of fused-ring (bicyclic) bond motifs is 1. The molecule has 1 aromatic carbocycles. The van der Waals surface area contributed by atoms with Gasteiger partial charge in [-0.05, 0) is 40.7 Å². The molecule has 0 radical (unpaired) electrons. The molecule has 1 aliphatic rings. The van der Waals surface area contributed by atoms with Crippen LogP contribution in [0.2, 0.25) is 0 Å². The van der Waals surface area contributed by atoms with Crippen LogP contribution >= 0.6 is 0 Å².